The fourth-order valence-corrected chi connectivity index (χ4v) is 6.79. The summed E-state index contributed by atoms with van der Waals surface area (Å²) in [7, 11) is -1.37. The minimum Gasteiger partial charge on any atom is -0.297 e. The Morgan fingerprint density at radius 2 is 2.08 bits per heavy atom. The first kappa shape index (κ1) is 16.4. The van der Waals surface area contributed by atoms with Crippen molar-refractivity contribution in [3.05, 3.63) is 29.3 Å². The maximum atomic E-state index is 12.4. The molecule has 7 heteroatoms. The first-order chi connectivity index (χ1) is 11.5. The SMILES string of the molecule is CC(c1ccc2scnc2c1)N1CCC2CN(C)S(=O)(=O)C2CC1. The number of hydrogen-bond donors (Lipinski definition) is 0. The van der Waals surface area contributed by atoms with Crippen LogP contribution in [0.5, 0.6) is 0 Å². The van der Waals surface area contributed by atoms with E-state index in [1.807, 2.05) is 5.51 Å². The van der Waals surface area contributed by atoms with E-state index in [-0.39, 0.29) is 17.2 Å². The van der Waals surface area contributed by atoms with Crippen molar-refractivity contribution in [3.8, 4) is 0 Å². The quantitative estimate of drug-likeness (QED) is 0.821. The van der Waals surface area contributed by atoms with E-state index in [2.05, 4.69) is 35.0 Å². The monoisotopic (exact) mass is 365 g/mol. The number of nitrogens with zero attached hydrogens (tertiary/aromatic N) is 3. The molecule has 2 aromatic rings. The molecule has 130 valence electrons. The van der Waals surface area contributed by atoms with Crippen LogP contribution in [0.3, 0.4) is 0 Å². The van der Waals surface area contributed by atoms with E-state index in [4.69, 9.17) is 0 Å². The first-order valence-electron chi connectivity index (χ1n) is 8.49. The Kier molecular flexibility index (Phi) is 4.15. The predicted molar refractivity (Wildman–Crippen MR) is 97.7 cm³/mol. The second kappa shape index (κ2) is 6.05. The van der Waals surface area contributed by atoms with Crippen LogP contribution in [0.2, 0.25) is 0 Å². The lowest BCUT2D eigenvalue weighted by Gasteiger charge is -2.28. The van der Waals surface area contributed by atoms with Crippen LogP contribution in [0.4, 0.5) is 0 Å². The maximum absolute atomic E-state index is 12.4. The molecule has 0 spiro atoms. The summed E-state index contributed by atoms with van der Waals surface area (Å²) >= 11 is 1.66. The zero-order valence-electron chi connectivity index (χ0n) is 14.1. The average molecular weight is 366 g/mol. The van der Waals surface area contributed by atoms with Crippen LogP contribution >= 0.6 is 11.3 Å². The van der Waals surface area contributed by atoms with Gasteiger partial charge in [-0.15, -0.1) is 11.3 Å². The highest BCUT2D eigenvalue weighted by Gasteiger charge is 2.45. The summed E-state index contributed by atoms with van der Waals surface area (Å²) in [5.74, 6) is 0.276. The van der Waals surface area contributed by atoms with Crippen molar-refractivity contribution in [2.24, 2.45) is 5.92 Å². The standard InChI is InChI=1S/C17H23N3O2S2/c1-12(13-3-4-16-15(9-13)18-11-23-16)20-7-5-14-10-19(2)24(21,22)17(14)6-8-20/h3-4,9,11-12,14,17H,5-8,10H2,1-2H3. The summed E-state index contributed by atoms with van der Waals surface area (Å²) in [6, 6.07) is 6.79. The Morgan fingerprint density at radius 1 is 1.29 bits per heavy atom. The third-order valence-electron chi connectivity index (χ3n) is 5.71. The summed E-state index contributed by atoms with van der Waals surface area (Å²) in [4.78, 5) is 6.85. The molecule has 3 atom stereocenters. The van der Waals surface area contributed by atoms with E-state index in [0.717, 1.165) is 31.4 Å². The molecule has 1 aromatic carbocycles. The molecule has 5 nitrogen and oxygen atoms in total. The fraction of sp³-hybridized carbons (Fsp3) is 0.588. The zero-order valence-corrected chi connectivity index (χ0v) is 15.7. The first-order valence-corrected chi connectivity index (χ1v) is 10.9. The lowest BCUT2D eigenvalue weighted by molar-refractivity contribution is 0.214. The van der Waals surface area contributed by atoms with Crippen LogP contribution in [0.25, 0.3) is 10.2 Å². The van der Waals surface area contributed by atoms with Crippen LogP contribution in [0.1, 0.15) is 31.4 Å². The number of thiazole rings is 1. The molecule has 2 aliphatic rings. The normalized spacial score (nSPS) is 29.4. The molecule has 0 N–H and O–H groups in total. The van der Waals surface area contributed by atoms with Crippen molar-refractivity contribution in [1.82, 2.24) is 14.2 Å². The van der Waals surface area contributed by atoms with Gasteiger partial charge in [0.1, 0.15) is 0 Å². The highest BCUT2D eigenvalue weighted by Crippen LogP contribution is 2.35. The van der Waals surface area contributed by atoms with Crippen LogP contribution in [0, 0.1) is 5.92 Å². The number of hydrogen-bond acceptors (Lipinski definition) is 5. The van der Waals surface area contributed by atoms with Gasteiger partial charge < -0.3 is 0 Å². The van der Waals surface area contributed by atoms with Gasteiger partial charge in [-0.25, -0.2) is 17.7 Å². The molecular formula is C17H23N3O2S2. The molecule has 2 fully saturated rings. The van der Waals surface area contributed by atoms with Crippen molar-refractivity contribution >= 4 is 31.6 Å². The van der Waals surface area contributed by atoms with Crippen molar-refractivity contribution in [3.63, 3.8) is 0 Å². The van der Waals surface area contributed by atoms with Crippen molar-refractivity contribution in [2.45, 2.75) is 31.1 Å². The minimum absolute atomic E-state index is 0.194. The van der Waals surface area contributed by atoms with Gasteiger partial charge in [0.05, 0.1) is 21.0 Å². The second-order valence-corrected chi connectivity index (χ2v) is 10.1. The Bertz CT molecular complexity index is 848. The zero-order chi connectivity index (χ0) is 16.9. The Morgan fingerprint density at radius 3 is 2.92 bits per heavy atom. The lowest BCUT2D eigenvalue weighted by atomic mass is 10.0. The van der Waals surface area contributed by atoms with Crippen molar-refractivity contribution < 1.29 is 8.42 Å². The molecule has 0 saturated carbocycles. The number of fused-ring (bicyclic) bond motifs is 2. The van der Waals surface area contributed by atoms with E-state index in [9.17, 15) is 8.42 Å². The third kappa shape index (κ3) is 2.67. The molecule has 3 heterocycles. The van der Waals surface area contributed by atoms with Gasteiger partial charge in [0.25, 0.3) is 0 Å². The van der Waals surface area contributed by atoms with E-state index in [1.54, 1.807) is 22.7 Å². The van der Waals surface area contributed by atoms with Crippen molar-refractivity contribution in [1.29, 1.82) is 0 Å². The van der Waals surface area contributed by atoms with Crippen LogP contribution in [-0.2, 0) is 10.0 Å². The van der Waals surface area contributed by atoms with Gasteiger partial charge in [0, 0.05) is 26.2 Å². The topological polar surface area (TPSA) is 53.5 Å². The summed E-state index contributed by atoms with van der Waals surface area (Å²) < 4.78 is 27.7. The molecule has 24 heavy (non-hydrogen) atoms. The predicted octanol–water partition coefficient (Wildman–Crippen LogP) is 2.71. The number of rotatable bonds is 2. The van der Waals surface area contributed by atoms with Crippen LogP contribution in [0.15, 0.2) is 23.7 Å². The van der Waals surface area contributed by atoms with Gasteiger partial charge >= 0.3 is 0 Å². The smallest absolute Gasteiger partial charge is 0.217 e. The third-order valence-corrected chi connectivity index (χ3v) is 8.92. The second-order valence-electron chi connectivity index (χ2n) is 6.99. The van der Waals surface area contributed by atoms with Gasteiger partial charge in [-0.1, -0.05) is 6.07 Å². The number of aromatic nitrogens is 1. The molecule has 0 radical (unpaired) electrons. The average Bonchev–Trinajstić information content (AvgIpc) is 3.02. The fourth-order valence-electron chi connectivity index (χ4n) is 4.16. The number of benzene rings is 1. The minimum atomic E-state index is -3.09. The van der Waals surface area contributed by atoms with Crippen molar-refractivity contribution in [2.75, 3.05) is 26.7 Å². The number of sulfonamides is 1. The Hall–Kier alpha value is -1.02. The molecule has 0 bridgehead atoms. The molecule has 1 aromatic heterocycles. The molecular weight excluding hydrogens is 342 g/mol. The van der Waals surface area contributed by atoms with Crippen LogP contribution in [-0.4, -0.2) is 54.5 Å². The molecule has 2 aliphatic heterocycles. The van der Waals surface area contributed by atoms with E-state index in [0.29, 0.717) is 6.54 Å². The Balaban J connectivity index is 1.53. The van der Waals surface area contributed by atoms with Gasteiger partial charge in [-0.2, -0.15) is 0 Å². The summed E-state index contributed by atoms with van der Waals surface area (Å²) in [6.07, 6.45) is 1.69. The maximum Gasteiger partial charge on any atom is 0.217 e. The summed E-state index contributed by atoms with van der Waals surface area (Å²) in [5.41, 5.74) is 4.20. The molecule has 0 aliphatic carbocycles. The Labute approximate surface area is 147 Å². The largest absolute Gasteiger partial charge is 0.297 e. The molecule has 3 unspecified atom stereocenters. The lowest BCUT2D eigenvalue weighted by Crippen LogP contribution is -2.31. The van der Waals surface area contributed by atoms with Gasteiger partial charge in [0.2, 0.25) is 10.0 Å². The van der Waals surface area contributed by atoms with Gasteiger partial charge in [-0.05, 0) is 49.9 Å². The molecule has 2 saturated heterocycles. The van der Waals surface area contributed by atoms with Crippen LogP contribution < -0.4 is 0 Å². The van der Waals surface area contributed by atoms with Gasteiger partial charge in [0.15, 0.2) is 0 Å². The summed E-state index contributed by atoms with van der Waals surface area (Å²) in [6.45, 7) is 4.70. The van der Waals surface area contributed by atoms with E-state index >= 15 is 0 Å². The molecule has 0 amide bonds. The van der Waals surface area contributed by atoms with E-state index < -0.39 is 10.0 Å². The number of likely N-dealkylation sites (tertiary alicyclic amines) is 1. The molecule has 4 rings (SSSR count). The van der Waals surface area contributed by atoms with Gasteiger partial charge in [-0.3, -0.25) is 4.90 Å². The van der Waals surface area contributed by atoms with E-state index in [1.165, 1.54) is 10.3 Å². The summed E-state index contributed by atoms with van der Waals surface area (Å²) in [5, 5.41) is -0.194. The highest BCUT2D eigenvalue weighted by atomic mass is 32.2. The highest BCUT2D eigenvalue weighted by molar-refractivity contribution is 7.90.